The van der Waals surface area contributed by atoms with E-state index in [2.05, 4.69) is 0 Å². The number of benzene rings is 2. The van der Waals surface area contributed by atoms with Crippen molar-refractivity contribution in [2.75, 3.05) is 34.3 Å². The van der Waals surface area contributed by atoms with Crippen LogP contribution in [-0.4, -0.2) is 63.8 Å². The minimum atomic E-state index is -3.68. The highest BCUT2D eigenvalue weighted by Crippen LogP contribution is 2.37. The lowest BCUT2D eigenvalue weighted by Gasteiger charge is -2.40. The first-order valence-electron chi connectivity index (χ1n) is 10.5. The summed E-state index contributed by atoms with van der Waals surface area (Å²) in [4.78, 5) is 27.9. The summed E-state index contributed by atoms with van der Waals surface area (Å²) in [5.74, 6) is -0.545. The van der Waals surface area contributed by atoms with E-state index in [-0.39, 0.29) is 16.8 Å². The fraction of sp³-hybridized carbons (Fsp3) is 0.417. The number of methoxy groups -OCH3 is 1. The van der Waals surface area contributed by atoms with Gasteiger partial charge in [0.2, 0.25) is 10.0 Å². The number of piperidine rings is 1. The SMILES string of the molecule is COC(=O)C1(c2ccccc2)CCN(C(=O)c2cc(C)c(C)c(S(=O)(=O)N(C)C)c2)CC1. The number of rotatable bonds is 5. The second kappa shape index (κ2) is 9.03. The minimum Gasteiger partial charge on any atom is -0.468 e. The average Bonchev–Trinajstić information content (AvgIpc) is 2.80. The fourth-order valence-electron chi connectivity index (χ4n) is 4.25. The van der Waals surface area contributed by atoms with Crippen LogP contribution in [-0.2, 0) is 25.0 Å². The quantitative estimate of drug-likeness (QED) is 0.644. The third kappa shape index (κ3) is 4.17. The number of aryl methyl sites for hydroxylation is 1. The maximum atomic E-state index is 13.3. The lowest BCUT2D eigenvalue weighted by molar-refractivity contribution is -0.149. The van der Waals surface area contributed by atoms with Gasteiger partial charge in [0, 0.05) is 32.7 Å². The lowest BCUT2D eigenvalue weighted by Crippen LogP contribution is -2.49. The van der Waals surface area contributed by atoms with Crippen LogP contribution in [0.3, 0.4) is 0 Å². The Bertz CT molecular complexity index is 1120. The number of hydrogen-bond donors (Lipinski definition) is 0. The van der Waals surface area contributed by atoms with E-state index < -0.39 is 15.4 Å². The predicted octanol–water partition coefficient (Wildman–Crippen LogP) is 2.90. The molecule has 1 fully saturated rings. The van der Waals surface area contributed by atoms with Crippen molar-refractivity contribution in [3.63, 3.8) is 0 Å². The normalized spacial score (nSPS) is 16.1. The molecule has 0 saturated carbocycles. The Hall–Kier alpha value is -2.71. The van der Waals surface area contributed by atoms with Crippen molar-refractivity contribution in [2.24, 2.45) is 0 Å². The number of likely N-dealkylation sites (tertiary alicyclic amines) is 1. The number of carbonyl (C=O) groups excluding carboxylic acids is 2. The summed E-state index contributed by atoms with van der Waals surface area (Å²) in [6, 6.07) is 12.7. The molecule has 0 bridgehead atoms. The molecule has 32 heavy (non-hydrogen) atoms. The molecule has 1 saturated heterocycles. The van der Waals surface area contributed by atoms with Crippen molar-refractivity contribution in [2.45, 2.75) is 37.0 Å². The Kier molecular flexibility index (Phi) is 6.76. The van der Waals surface area contributed by atoms with Gasteiger partial charge in [-0.05, 0) is 55.5 Å². The van der Waals surface area contributed by atoms with Gasteiger partial charge < -0.3 is 9.64 Å². The number of carbonyl (C=O) groups is 2. The molecular weight excluding hydrogens is 428 g/mol. The highest BCUT2D eigenvalue weighted by Gasteiger charge is 2.44. The Morgan fingerprint density at radius 2 is 1.62 bits per heavy atom. The largest absolute Gasteiger partial charge is 0.468 e. The van der Waals surface area contributed by atoms with Gasteiger partial charge in [0.05, 0.1) is 17.4 Å². The summed E-state index contributed by atoms with van der Waals surface area (Å²) >= 11 is 0. The summed E-state index contributed by atoms with van der Waals surface area (Å²) in [6.45, 7) is 4.27. The number of hydrogen-bond acceptors (Lipinski definition) is 5. The van der Waals surface area contributed by atoms with E-state index in [4.69, 9.17) is 4.74 Å². The van der Waals surface area contributed by atoms with Crippen molar-refractivity contribution in [3.05, 3.63) is 64.7 Å². The van der Waals surface area contributed by atoms with E-state index in [1.807, 2.05) is 30.3 Å². The predicted molar refractivity (Wildman–Crippen MR) is 122 cm³/mol. The van der Waals surface area contributed by atoms with Crippen LogP contribution in [0.4, 0.5) is 0 Å². The summed E-state index contributed by atoms with van der Waals surface area (Å²) in [7, 11) is 0.640. The van der Waals surface area contributed by atoms with E-state index in [0.717, 1.165) is 15.4 Å². The molecule has 1 aliphatic rings. The van der Waals surface area contributed by atoms with Crippen LogP contribution in [0.2, 0.25) is 0 Å². The molecule has 0 radical (unpaired) electrons. The number of ether oxygens (including phenoxy) is 1. The number of nitrogens with zero attached hydrogens (tertiary/aromatic N) is 2. The van der Waals surface area contributed by atoms with E-state index in [1.54, 1.807) is 24.8 Å². The molecular formula is C24H30N2O5S. The Morgan fingerprint density at radius 1 is 1.03 bits per heavy atom. The van der Waals surface area contributed by atoms with Crippen LogP contribution in [0.15, 0.2) is 47.4 Å². The Labute approximate surface area is 190 Å². The first-order valence-corrected chi connectivity index (χ1v) is 12.0. The van der Waals surface area contributed by atoms with Gasteiger partial charge in [0.15, 0.2) is 0 Å². The van der Waals surface area contributed by atoms with E-state index >= 15 is 0 Å². The smallest absolute Gasteiger partial charge is 0.316 e. The van der Waals surface area contributed by atoms with E-state index in [0.29, 0.717) is 37.1 Å². The van der Waals surface area contributed by atoms with Crippen LogP contribution in [0.5, 0.6) is 0 Å². The van der Waals surface area contributed by atoms with E-state index in [9.17, 15) is 18.0 Å². The zero-order valence-corrected chi connectivity index (χ0v) is 20.0. The molecule has 1 aliphatic heterocycles. The molecule has 0 atom stereocenters. The highest BCUT2D eigenvalue weighted by atomic mass is 32.2. The topological polar surface area (TPSA) is 84.0 Å². The maximum absolute atomic E-state index is 13.3. The van der Waals surface area contributed by atoms with Gasteiger partial charge in [-0.2, -0.15) is 0 Å². The van der Waals surface area contributed by atoms with E-state index in [1.165, 1.54) is 27.3 Å². The molecule has 172 valence electrons. The zero-order chi connectivity index (χ0) is 23.7. The van der Waals surface area contributed by atoms with Crippen molar-refractivity contribution in [1.29, 1.82) is 0 Å². The Morgan fingerprint density at radius 3 is 2.16 bits per heavy atom. The zero-order valence-electron chi connectivity index (χ0n) is 19.2. The third-order valence-corrected chi connectivity index (χ3v) is 8.37. The molecule has 0 N–H and O–H groups in total. The molecule has 7 nitrogen and oxygen atoms in total. The van der Waals surface area contributed by atoms with Crippen molar-refractivity contribution >= 4 is 21.9 Å². The average molecular weight is 459 g/mol. The second-order valence-corrected chi connectivity index (χ2v) is 10.6. The van der Waals surface area contributed by atoms with Crippen molar-refractivity contribution in [3.8, 4) is 0 Å². The minimum absolute atomic E-state index is 0.135. The molecule has 3 rings (SSSR count). The van der Waals surface area contributed by atoms with Crippen LogP contribution in [0.1, 0.15) is 39.9 Å². The molecule has 0 unspecified atom stereocenters. The van der Waals surface area contributed by atoms with Gasteiger partial charge in [0.25, 0.3) is 5.91 Å². The van der Waals surface area contributed by atoms with Crippen LogP contribution >= 0.6 is 0 Å². The number of sulfonamides is 1. The van der Waals surface area contributed by atoms with Crippen LogP contribution < -0.4 is 0 Å². The molecule has 1 heterocycles. The molecule has 2 aromatic rings. The van der Waals surface area contributed by atoms with Crippen molar-refractivity contribution < 1.29 is 22.7 Å². The molecule has 1 amide bonds. The van der Waals surface area contributed by atoms with Crippen LogP contribution in [0.25, 0.3) is 0 Å². The lowest BCUT2D eigenvalue weighted by atomic mass is 9.72. The maximum Gasteiger partial charge on any atom is 0.316 e. The Balaban J connectivity index is 1.90. The van der Waals surface area contributed by atoms with Gasteiger partial charge in [-0.1, -0.05) is 30.3 Å². The summed E-state index contributed by atoms with van der Waals surface area (Å²) in [5.41, 5.74) is 1.78. The first-order chi connectivity index (χ1) is 15.0. The molecule has 8 heteroatoms. The summed E-state index contributed by atoms with van der Waals surface area (Å²) in [6.07, 6.45) is 0.867. The van der Waals surface area contributed by atoms with Gasteiger partial charge in [0.1, 0.15) is 0 Å². The molecule has 0 aromatic heterocycles. The van der Waals surface area contributed by atoms with Gasteiger partial charge in [-0.25, -0.2) is 12.7 Å². The third-order valence-electron chi connectivity index (χ3n) is 6.43. The first kappa shape index (κ1) is 23.9. The summed E-state index contributed by atoms with van der Waals surface area (Å²) < 4.78 is 31.8. The van der Waals surface area contributed by atoms with Crippen LogP contribution in [0, 0.1) is 13.8 Å². The monoisotopic (exact) mass is 458 g/mol. The van der Waals surface area contributed by atoms with Gasteiger partial charge in [-0.15, -0.1) is 0 Å². The molecule has 0 aliphatic carbocycles. The number of esters is 1. The summed E-state index contributed by atoms with van der Waals surface area (Å²) in [5, 5.41) is 0. The number of amides is 1. The molecule has 2 aromatic carbocycles. The molecule has 0 spiro atoms. The standard InChI is InChI=1S/C24H30N2O5S/c1-17-15-19(16-21(18(17)2)32(29,30)25(3)4)22(27)26-13-11-24(12-14-26,23(28)31-5)20-9-7-6-8-10-20/h6-10,15-16H,11-14H2,1-5H3. The van der Waals surface area contributed by atoms with Gasteiger partial charge in [-0.3, -0.25) is 9.59 Å². The highest BCUT2D eigenvalue weighted by molar-refractivity contribution is 7.89. The fourth-order valence-corrected chi connectivity index (χ4v) is 5.47. The van der Waals surface area contributed by atoms with Crippen molar-refractivity contribution in [1.82, 2.24) is 9.21 Å². The second-order valence-electron chi connectivity index (χ2n) is 8.44. The van der Waals surface area contributed by atoms with Gasteiger partial charge >= 0.3 is 5.97 Å².